The summed E-state index contributed by atoms with van der Waals surface area (Å²) in [6.07, 6.45) is 2.28. The van der Waals surface area contributed by atoms with Crippen molar-refractivity contribution in [1.82, 2.24) is 14.5 Å². The second-order valence-corrected chi connectivity index (χ2v) is 5.45. The molecule has 0 aliphatic heterocycles. The summed E-state index contributed by atoms with van der Waals surface area (Å²) < 4.78 is 14.8. The van der Waals surface area contributed by atoms with Crippen LogP contribution in [0, 0.1) is 5.82 Å². The number of nitrogens with two attached hydrogens (primary N) is 1. The van der Waals surface area contributed by atoms with Crippen molar-refractivity contribution in [2.45, 2.75) is 19.4 Å². The van der Waals surface area contributed by atoms with Crippen molar-refractivity contribution in [2.75, 3.05) is 5.73 Å². The van der Waals surface area contributed by atoms with Gasteiger partial charge in [0.15, 0.2) is 5.65 Å². The zero-order valence-electron chi connectivity index (χ0n) is 11.4. The van der Waals surface area contributed by atoms with Crippen LogP contribution in [0.3, 0.4) is 0 Å². The third-order valence-electron chi connectivity index (χ3n) is 3.41. The Morgan fingerprint density at radius 2 is 2.05 bits per heavy atom. The van der Waals surface area contributed by atoms with Crippen LogP contribution in [0.2, 0.25) is 5.02 Å². The number of nitrogen functional groups attached to an aromatic ring is 1. The van der Waals surface area contributed by atoms with Gasteiger partial charge < -0.3 is 5.73 Å². The van der Waals surface area contributed by atoms with E-state index >= 15 is 0 Å². The summed E-state index contributed by atoms with van der Waals surface area (Å²) in [6, 6.07) is 8.23. The van der Waals surface area contributed by atoms with Crippen molar-refractivity contribution in [1.29, 1.82) is 0 Å². The summed E-state index contributed by atoms with van der Waals surface area (Å²) in [5, 5.41) is 0.526. The van der Waals surface area contributed by atoms with E-state index in [-0.39, 0.29) is 11.9 Å². The summed E-state index contributed by atoms with van der Waals surface area (Å²) in [5.74, 6) is 0.157. The highest BCUT2D eigenvalue weighted by atomic mass is 35.5. The van der Waals surface area contributed by atoms with Crippen LogP contribution in [0.25, 0.3) is 11.2 Å². The Hall–Kier alpha value is -2.14. The molecule has 0 spiro atoms. The first-order valence-corrected chi connectivity index (χ1v) is 6.96. The van der Waals surface area contributed by atoms with Gasteiger partial charge in [-0.15, -0.1) is 0 Å². The van der Waals surface area contributed by atoms with Crippen LogP contribution >= 0.6 is 11.6 Å². The lowest BCUT2D eigenvalue weighted by molar-refractivity contribution is 0.561. The molecule has 108 valence electrons. The fourth-order valence-corrected chi connectivity index (χ4v) is 2.61. The van der Waals surface area contributed by atoms with Crippen LogP contribution in [-0.4, -0.2) is 14.5 Å². The smallest absolute Gasteiger partial charge is 0.202 e. The molecule has 21 heavy (non-hydrogen) atoms. The summed E-state index contributed by atoms with van der Waals surface area (Å²) >= 11 is 5.92. The molecule has 1 aromatic carbocycles. The van der Waals surface area contributed by atoms with E-state index < -0.39 is 0 Å². The molecule has 2 aromatic heterocycles. The lowest BCUT2D eigenvalue weighted by Crippen LogP contribution is -2.12. The number of anilines is 1. The highest BCUT2D eigenvalue weighted by molar-refractivity contribution is 6.31. The van der Waals surface area contributed by atoms with E-state index in [9.17, 15) is 4.39 Å². The Labute approximate surface area is 126 Å². The lowest BCUT2D eigenvalue weighted by Gasteiger charge is -2.15. The van der Waals surface area contributed by atoms with E-state index in [1.165, 1.54) is 12.1 Å². The lowest BCUT2D eigenvalue weighted by atomic mass is 10.1. The van der Waals surface area contributed by atoms with Crippen molar-refractivity contribution < 1.29 is 4.39 Å². The molecule has 2 N–H and O–H groups in total. The molecule has 1 unspecified atom stereocenters. The number of fused-ring (bicyclic) bond motifs is 1. The number of rotatable bonds is 3. The van der Waals surface area contributed by atoms with Crippen molar-refractivity contribution in [3.63, 3.8) is 0 Å². The van der Waals surface area contributed by atoms with Crippen molar-refractivity contribution in [2.24, 2.45) is 0 Å². The molecule has 0 amide bonds. The molecule has 0 bridgehead atoms. The molecular weight excluding hydrogens is 291 g/mol. The molecule has 0 saturated heterocycles. The molecule has 3 aromatic rings. The fourth-order valence-electron chi connectivity index (χ4n) is 2.46. The monoisotopic (exact) mass is 304 g/mol. The van der Waals surface area contributed by atoms with E-state index in [0.29, 0.717) is 28.6 Å². The Balaban J connectivity index is 1.95. The number of pyridine rings is 1. The van der Waals surface area contributed by atoms with Gasteiger partial charge in [-0.2, -0.15) is 0 Å². The SMILES string of the molecule is CC(Cc1ccc(F)cc1)n1c(N)nc2cc(Cl)cnc21. The number of hydrogen-bond donors (Lipinski definition) is 1. The van der Waals surface area contributed by atoms with Crippen LogP contribution in [0.1, 0.15) is 18.5 Å². The number of imidazole rings is 1. The number of hydrogen-bond acceptors (Lipinski definition) is 3. The molecule has 1 atom stereocenters. The third kappa shape index (κ3) is 2.69. The molecule has 0 radical (unpaired) electrons. The third-order valence-corrected chi connectivity index (χ3v) is 3.62. The van der Waals surface area contributed by atoms with Crippen molar-refractivity contribution in [3.8, 4) is 0 Å². The topological polar surface area (TPSA) is 56.7 Å². The molecule has 0 aliphatic rings. The largest absolute Gasteiger partial charge is 0.369 e. The molecule has 0 fully saturated rings. The van der Waals surface area contributed by atoms with Gasteiger partial charge in [0.25, 0.3) is 0 Å². The van der Waals surface area contributed by atoms with Gasteiger partial charge >= 0.3 is 0 Å². The van der Waals surface area contributed by atoms with Gasteiger partial charge in [0, 0.05) is 12.2 Å². The molecule has 6 heteroatoms. The molecule has 3 rings (SSSR count). The summed E-state index contributed by atoms with van der Waals surface area (Å²) in [6.45, 7) is 2.02. The minimum absolute atomic E-state index is 0.0501. The van der Waals surface area contributed by atoms with Gasteiger partial charge in [0.1, 0.15) is 11.3 Å². The predicted octanol–water partition coefficient (Wildman–Crippen LogP) is 3.61. The van der Waals surface area contributed by atoms with Crippen LogP contribution in [-0.2, 0) is 6.42 Å². The standard InChI is InChI=1S/C15H14ClFN4/c1-9(6-10-2-4-12(17)5-3-10)21-14-13(20-15(21)18)7-11(16)8-19-14/h2-5,7-9H,6H2,1H3,(H2,18,20). The summed E-state index contributed by atoms with van der Waals surface area (Å²) in [4.78, 5) is 8.59. The Morgan fingerprint density at radius 1 is 1.33 bits per heavy atom. The first-order chi connectivity index (χ1) is 10.0. The maximum atomic E-state index is 12.9. The van der Waals surface area contributed by atoms with Crippen molar-refractivity contribution >= 4 is 28.7 Å². The van der Waals surface area contributed by atoms with E-state index in [2.05, 4.69) is 9.97 Å². The quantitative estimate of drug-likeness (QED) is 0.804. The molecule has 2 heterocycles. The average molecular weight is 305 g/mol. The van der Waals surface area contributed by atoms with E-state index in [4.69, 9.17) is 17.3 Å². The number of halogens is 2. The molecule has 0 aliphatic carbocycles. The van der Waals surface area contributed by atoms with Crippen LogP contribution in [0.5, 0.6) is 0 Å². The van der Waals surface area contributed by atoms with Gasteiger partial charge in [0.05, 0.1) is 5.02 Å². The van der Waals surface area contributed by atoms with E-state index in [1.54, 1.807) is 24.4 Å². The van der Waals surface area contributed by atoms with E-state index in [1.807, 2.05) is 11.5 Å². The van der Waals surface area contributed by atoms with Gasteiger partial charge in [-0.05, 0) is 37.1 Å². The number of benzene rings is 1. The highest BCUT2D eigenvalue weighted by Gasteiger charge is 2.16. The van der Waals surface area contributed by atoms with Gasteiger partial charge in [-0.3, -0.25) is 4.57 Å². The minimum Gasteiger partial charge on any atom is -0.369 e. The zero-order valence-corrected chi connectivity index (χ0v) is 12.2. The summed E-state index contributed by atoms with van der Waals surface area (Å²) in [7, 11) is 0. The first-order valence-electron chi connectivity index (χ1n) is 6.58. The van der Waals surface area contributed by atoms with Crippen LogP contribution in [0.15, 0.2) is 36.5 Å². The second-order valence-electron chi connectivity index (χ2n) is 5.02. The predicted molar refractivity (Wildman–Crippen MR) is 81.8 cm³/mol. The van der Waals surface area contributed by atoms with Crippen LogP contribution < -0.4 is 5.73 Å². The summed E-state index contributed by atoms with van der Waals surface area (Å²) in [5.41, 5.74) is 8.39. The molecule has 0 saturated carbocycles. The van der Waals surface area contributed by atoms with Gasteiger partial charge in [-0.25, -0.2) is 14.4 Å². The van der Waals surface area contributed by atoms with Gasteiger partial charge in [0.2, 0.25) is 5.95 Å². The van der Waals surface area contributed by atoms with Gasteiger partial charge in [-0.1, -0.05) is 23.7 Å². The zero-order chi connectivity index (χ0) is 15.0. The number of nitrogens with zero attached hydrogens (tertiary/aromatic N) is 3. The average Bonchev–Trinajstić information content (AvgIpc) is 2.76. The maximum Gasteiger partial charge on any atom is 0.202 e. The van der Waals surface area contributed by atoms with Crippen LogP contribution in [0.4, 0.5) is 10.3 Å². The Kier molecular flexibility index (Phi) is 3.51. The normalized spacial score (nSPS) is 12.7. The Bertz CT molecular complexity index is 782. The second kappa shape index (κ2) is 5.33. The minimum atomic E-state index is -0.240. The van der Waals surface area contributed by atoms with E-state index in [0.717, 1.165) is 5.56 Å². The fraction of sp³-hybridized carbons (Fsp3) is 0.200. The highest BCUT2D eigenvalue weighted by Crippen LogP contribution is 2.25. The number of aromatic nitrogens is 3. The first kappa shape index (κ1) is 13.8. The molecular formula is C15H14ClFN4. The maximum absolute atomic E-state index is 12.9. The Morgan fingerprint density at radius 3 is 2.76 bits per heavy atom. The molecule has 4 nitrogen and oxygen atoms in total. The van der Waals surface area contributed by atoms with Crippen molar-refractivity contribution in [3.05, 3.63) is 52.9 Å².